The highest BCUT2D eigenvalue weighted by atomic mass is 16.3. The molecule has 0 unspecified atom stereocenters. The van der Waals surface area contributed by atoms with Crippen LogP contribution in [0.25, 0.3) is 11.3 Å². The molecule has 1 N–H and O–H groups in total. The quantitative estimate of drug-likeness (QED) is 0.773. The minimum absolute atomic E-state index is 0.919. The van der Waals surface area contributed by atoms with E-state index in [1.54, 1.807) is 6.26 Å². The lowest BCUT2D eigenvalue weighted by molar-refractivity contribution is 0.582. The summed E-state index contributed by atoms with van der Waals surface area (Å²) >= 11 is 0. The van der Waals surface area contributed by atoms with Gasteiger partial charge in [0.05, 0.1) is 6.26 Å². The van der Waals surface area contributed by atoms with Crippen molar-refractivity contribution < 1.29 is 4.42 Å². The monoisotopic (exact) mass is 215 g/mol. The van der Waals surface area contributed by atoms with Crippen LogP contribution in [0.2, 0.25) is 0 Å². The lowest BCUT2D eigenvalue weighted by Gasteiger charge is -2.04. The largest absolute Gasteiger partial charge is 0.464 e. The Balaban J connectivity index is 2.08. The van der Waals surface area contributed by atoms with Gasteiger partial charge in [-0.05, 0) is 36.7 Å². The van der Waals surface area contributed by atoms with Crippen LogP contribution in [-0.4, -0.2) is 6.54 Å². The maximum absolute atomic E-state index is 5.38. The van der Waals surface area contributed by atoms with Gasteiger partial charge in [0.2, 0.25) is 0 Å². The molecule has 16 heavy (non-hydrogen) atoms. The lowest BCUT2D eigenvalue weighted by atomic mass is 10.1. The highest BCUT2D eigenvalue weighted by molar-refractivity contribution is 5.58. The first-order chi connectivity index (χ1) is 7.90. The number of rotatable bonds is 5. The van der Waals surface area contributed by atoms with Crippen molar-refractivity contribution >= 4 is 0 Å². The molecule has 0 fully saturated rings. The van der Waals surface area contributed by atoms with E-state index in [-0.39, 0.29) is 0 Å². The Hall–Kier alpha value is -1.54. The first-order valence-electron chi connectivity index (χ1n) is 5.73. The molecule has 0 amide bonds. The Morgan fingerprint density at radius 2 is 2.12 bits per heavy atom. The molecule has 2 aromatic rings. The van der Waals surface area contributed by atoms with Crippen molar-refractivity contribution in [3.63, 3.8) is 0 Å². The van der Waals surface area contributed by atoms with Crippen molar-refractivity contribution in [2.45, 2.75) is 19.9 Å². The molecule has 0 aliphatic heterocycles. The second-order valence-corrected chi connectivity index (χ2v) is 3.85. The molecule has 0 bridgehead atoms. The molecule has 0 aliphatic carbocycles. The third-order valence-electron chi connectivity index (χ3n) is 2.49. The molecule has 84 valence electrons. The van der Waals surface area contributed by atoms with E-state index in [4.69, 9.17) is 4.42 Å². The minimum atomic E-state index is 0.919. The third kappa shape index (κ3) is 2.74. The van der Waals surface area contributed by atoms with Crippen LogP contribution >= 0.6 is 0 Å². The van der Waals surface area contributed by atoms with Gasteiger partial charge in [-0.1, -0.05) is 25.1 Å². The van der Waals surface area contributed by atoms with E-state index >= 15 is 0 Å². The van der Waals surface area contributed by atoms with Crippen molar-refractivity contribution in [3.05, 3.63) is 48.2 Å². The Morgan fingerprint density at radius 1 is 1.19 bits per heavy atom. The van der Waals surface area contributed by atoms with Crippen LogP contribution in [0.5, 0.6) is 0 Å². The first-order valence-corrected chi connectivity index (χ1v) is 5.73. The van der Waals surface area contributed by atoms with Crippen molar-refractivity contribution in [2.75, 3.05) is 6.54 Å². The van der Waals surface area contributed by atoms with Crippen molar-refractivity contribution in [2.24, 2.45) is 0 Å². The number of nitrogens with one attached hydrogen (secondary N) is 1. The van der Waals surface area contributed by atoms with E-state index in [1.807, 2.05) is 12.1 Å². The Kier molecular flexibility index (Phi) is 3.78. The molecule has 2 heteroatoms. The second kappa shape index (κ2) is 5.52. The fraction of sp³-hybridized carbons (Fsp3) is 0.286. The van der Waals surface area contributed by atoms with Crippen LogP contribution < -0.4 is 5.32 Å². The molecule has 1 heterocycles. The number of benzene rings is 1. The van der Waals surface area contributed by atoms with Gasteiger partial charge < -0.3 is 9.73 Å². The molecule has 0 atom stereocenters. The Bertz CT molecular complexity index is 420. The summed E-state index contributed by atoms with van der Waals surface area (Å²) in [5.41, 5.74) is 2.43. The number of furan rings is 1. The fourth-order valence-corrected chi connectivity index (χ4v) is 1.69. The molecule has 1 aromatic carbocycles. The Labute approximate surface area is 96.3 Å². The molecule has 0 aliphatic rings. The number of hydrogen-bond donors (Lipinski definition) is 1. The van der Waals surface area contributed by atoms with Crippen LogP contribution in [0, 0.1) is 0 Å². The summed E-state index contributed by atoms with van der Waals surface area (Å²) in [6, 6.07) is 12.3. The van der Waals surface area contributed by atoms with Crippen LogP contribution in [0.1, 0.15) is 18.9 Å². The predicted octanol–water partition coefficient (Wildman–Crippen LogP) is 3.45. The highest BCUT2D eigenvalue weighted by Crippen LogP contribution is 2.20. The molecular formula is C14H17NO. The maximum Gasteiger partial charge on any atom is 0.133 e. The van der Waals surface area contributed by atoms with Gasteiger partial charge in [-0.3, -0.25) is 0 Å². The minimum Gasteiger partial charge on any atom is -0.464 e. The van der Waals surface area contributed by atoms with Gasteiger partial charge in [0.15, 0.2) is 0 Å². The van der Waals surface area contributed by atoms with Crippen molar-refractivity contribution in [1.82, 2.24) is 5.32 Å². The van der Waals surface area contributed by atoms with Gasteiger partial charge in [-0.25, -0.2) is 0 Å². The normalized spacial score (nSPS) is 10.6. The van der Waals surface area contributed by atoms with Crippen LogP contribution in [0.15, 0.2) is 47.1 Å². The van der Waals surface area contributed by atoms with E-state index in [1.165, 1.54) is 5.56 Å². The summed E-state index contributed by atoms with van der Waals surface area (Å²) in [6.45, 7) is 4.15. The first kappa shape index (κ1) is 11.0. The molecular weight excluding hydrogens is 198 g/mol. The average Bonchev–Trinajstić information content (AvgIpc) is 2.83. The van der Waals surface area contributed by atoms with E-state index in [9.17, 15) is 0 Å². The zero-order valence-electron chi connectivity index (χ0n) is 9.57. The standard InChI is InChI=1S/C14H17NO/c1-2-8-15-11-12-5-3-6-13(10-12)14-7-4-9-16-14/h3-7,9-10,15H,2,8,11H2,1H3. The lowest BCUT2D eigenvalue weighted by Crippen LogP contribution is -2.13. The van der Waals surface area contributed by atoms with E-state index in [0.29, 0.717) is 0 Å². The van der Waals surface area contributed by atoms with Crippen LogP contribution in [-0.2, 0) is 6.54 Å². The second-order valence-electron chi connectivity index (χ2n) is 3.85. The van der Waals surface area contributed by atoms with Crippen molar-refractivity contribution in [1.29, 1.82) is 0 Å². The van der Waals surface area contributed by atoms with Crippen molar-refractivity contribution in [3.8, 4) is 11.3 Å². The van der Waals surface area contributed by atoms with Gasteiger partial charge in [0.25, 0.3) is 0 Å². The van der Waals surface area contributed by atoms with Gasteiger partial charge in [-0.15, -0.1) is 0 Å². The molecule has 1 aromatic heterocycles. The molecule has 0 saturated carbocycles. The zero-order valence-corrected chi connectivity index (χ0v) is 9.57. The Morgan fingerprint density at radius 3 is 2.88 bits per heavy atom. The van der Waals surface area contributed by atoms with E-state index < -0.39 is 0 Å². The molecule has 2 nitrogen and oxygen atoms in total. The summed E-state index contributed by atoms with van der Waals surface area (Å²) < 4.78 is 5.38. The topological polar surface area (TPSA) is 25.2 Å². The van der Waals surface area contributed by atoms with Crippen LogP contribution in [0.4, 0.5) is 0 Å². The smallest absolute Gasteiger partial charge is 0.133 e. The summed E-state index contributed by atoms with van der Waals surface area (Å²) in [6.07, 6.45) is 2.87. The summed E-state index contributed by atoms with van der Waals surface area (Å²) in [5.74, 6) is 0.928. The summed E-state index contributed by atoms with van der Waals surface area (Å²) in [5, 5.41) is 3.39. The fourth-order valence-electron chi connectivity index (χ4n) is 1.69. The average molecular weight is 215 g/mol. The highest BCUT2D eigenvalue weighted by Gasteiger charge is 2.00. The van der Waals surface area contributed by atoms with Gasteiger partial charge in [0.1, 0.15) is 5.76 Å². The SMILES string of the molecule is CCCNCc1cccc(-c2ccco2)c1. The van der Waals surface area contributed by atoms with Crippen LogP contribution in [0.3, 0.4) is 0 Å². The number of hydrogen-bond acceptors (Lipinski definition) is 2. The predicted molar refractivity (Wildman–Crippen MR) is 66.1 cm³/mol. The van der Waals surface area contributed by atoms with E-state index in [2.05, 4.69) is 36.5 Å². The van der Waals surface area contributed by atoms with Gasteiger partial charge in [0, 0.05) is 12.1 Å². The molecule has 0 spiro atoms. The maximum atomic E-state index is 5.38. The summed E-state index contributed by atoms with van der Waals surface area (Å²) in [4.78, 5) is 0. The third-order valence-corrected chi connectivity index (χ3v) is 2.49. The van der Waals surface area contributed by atoms with Gasteiger partial charge in [-0.2, -0.15) is 0 Å². The molecule has 0 radical (unpaired) electrons. The molecule has 2 rings (SSSR count). The summed E-state index contributed by atoms with van der Waals surface area (Å²) in [7, 11) is 0. The van der Waals surface area contributed by atoms with Gasteiger partial charge >= 0.3 is 0 Å². The van der Waals surface area contributed by atoms with E-state index in [0.717, 1.165) is 30.8 Å². The molecule has 0 saturated heterocycles. The zero-order chi connectivity index (χ0) is 11.2.